The first-order valence-corrected chi connectivity index (χ1v) is 11.3. The van der Waals surface area contributed by atoms with Crippen molar-refractivity contribution < 1.29 is 0 Å². The summed E-state index contributed by atoms with van der Waals surface area (Å²) in [5.41, 5.74) is 4.38. The van der Waals surface area contributed by atoms with Crippen LogP contribution in [-0.4, -0.2) is 51.9 Å². The van der Waals surface area contributed by atoms with Crippen molar-refractivity contribution in [1.29, 1.82) is 0 Å². The number of piperidine rings is 1. The first kappa shape index (κ1) is 21.6. The number of likely N-dealkylation sites (tertiary alicyclic amines) is 1. The van der Waals surface area contributed by atoms with Crippen LogP contribution in [0.25, 0.3) is 5.69 Å². The second kappa shape index (κ2) is 9.67. The Kier molecular flexibility index (Phi) is 6.73. The first-order chi connectivity index (χ1) is 15.0. The smallest absolute Gasteiger partial charge is 0.276 e. The fourth-order valence-electron chi connectivity index (χ4n) is 4.70. The fourth-order valence-corrected chi connectivity index (χ4v) is 4.70. The number of rotatable bonds is 7. The van der Waals surface area contributed by atoms with E-state index in [9.17, 15) is 4.79 Å². The van der Waals surface area contributed by atoms with Crippen molar-refractivity contribution in [3.63, 3.8) is 0 Å². The van der Waals surface area contributed by atoms with Crippen LogP contribution in [0, 0.1) is 6.92 Å². The molecule has 0 unspecified atom stereocenters. The van der Waals surface area contributed by atoms with E-state index in [1.165, 1.54) is 18.4 Å². The Morgan fingerprint density at radius 3 is 2.42 bits per heavy atom. The summed E-state index contributed by atoms with van der Waals surface area (Å²) in [6.45, 7) is 5.92. The highest BCUT2D eigenvalue weighted by Crippen LogP contribution is 2.19. The molecule has 0 N–H and O–H groups in total. The van der Waals surface area contributed by atoms with Gasteiger partial charge in [-0.15, -0.1) is 0 Å². The Labute approximate surface area is 185 Å². The lowest BCUT2D eigenvalue weighted by atomic mass is 10.0. The van der Waals surface area contributed by atoms with E-state index in [0.717, 1.165) is 49.5 Å². The van der Waals surface area contributed by atoms with E-state index in [2.05, 4.69) is 54.1 Å². The third-order valence-electron chi connectivity index (χ3n) is 6.76. The van der Waals surface area contributed by atoms with Gasteiger partial charge < -0.3 is 4.90 Å². The van der Waals surface area contributed by atoms with Crippen LogP contribution in [-0.2, 0) is 20.0 Å². The molecule has 1 aromatic heterocycles. The summed E-state index contributed by atoms with van der Waals surface area (Å²) in [5, 5.41) is 0. The van der Waals surface area contributed by atoms with Gasteiger partial charge in [-0.2, -0.15) is 0 Å². The SMILES string of the molecule is Cc1c(CN2CCC[C@@H](N(C)CCc3ccccc3)C2)c(=O)n(-c2ccccc2)n1C. The number of para-hydroxylation sites is 1. The standard InChI is InChI=1S/C26H34N4O/c1-21-25(26(31)30(28(21)3)23-13-8-5-9-14-23)20-29-17-10-15-24(19-29)27(2)18-16-22-11-6-4-7-12-22/h4-9,11-14,24H,10,15-20H2,1-3H3/t24-/m1/s1. The number of aromatic nitrogens is 2. The molecule has 0 spiro atoms. The summed E-state index contributed by atoms with van der Waals surface area (Å²) in [5.74, 6) is 0. The van der Waals surface area contributed by atoms with Crippen molar-refractivity contribution >= 4 is 0 Å². The Hall–Kier alpha value is -2.63. The molecule has 0 aliphatic carbocycles. The van der Waals surface area contributed by atoms with E-state index in [-0.39, 0.29) is 5.56 Å². The predicted molar refractivity (Wildman–Crippen MR) is 127 cm³/mol. The third-order valence-corrected chi connectivity index (χ3v) is 6.76. The van der Waals surface area contributed by atoms with Gasteiger partial charge in [-0.3, -0.25) is 14.4 Å². The highest BCUT2D eigenvalue weighted by molar-refractivity contribution is 5.33. The topological polar surface area (TPSA) is 33.4 Å². The largest absolute Gasteiger partial charge is 0.302 e. The molecule has 0 saturated carbocycles. The Balaban J connectivity index is 1.43. The van der Waals surface area contributed by atoms with Crippen molar-refractivity contribution in [2.45, 2.75) is 38.8 Å². The van der Waals surface area contributed by atoms with Gasteiger partial charge in [-0.25, -0.2) is 4.68 Å². The van der Waals surface area contributed by atoms with Gasteiger partial charge in [0.15, 0.2) is 0 Å². The number of nitrogens with zero attached hydrogens (tertiary/aromatic N) is 4. The van der Waals surface area contributed by atoms with Gasteiger partial charge in [-0.1, -0.05) is 48.5 Å². The van der Waals surface area contributed by atoms with E-state index < -0.39 is 0 Å². The molecule has 1 aliphatic rings. The lowest BCUT2D eigenvalue weighted by Gasteiger charge is -2.37. The Bertz CT molecular complexity index is 1040. The average molecular weight is 419 g/mol. The predicted octanol–water partition coefficient (Wildman–Crippen LogP) is 3.62. The molecular weight excluding hydrogens is 384 g/mol. The lowest BCUT2D eigenvalue weighted by molar-refractivity contribution is 0.112. The second-order valence-electron chi connectivity index (χ2n) is 8.79. The number of hydrogen-bond acceptors (Lipinski definition) is 3. The lowest BCUT2D eigenvalue weighted by Crippen LogP contribution is -2.47. The van der Waals surface area contributed by atoms with E-state index in [4.69, 9.17) is 0 Å². The number of hydrogen-bond donors (Lipinski definition) is 0. The molecule has 2 heterocycles. The maximum atomic E-state index is 13.3. The highest BCUT2D eigenvalue weighted by atomic mass is 16.1. The van der Waals surface area contributed by atoms with Gasteiger partial charge in [0.05, 0.1) is 11.3 Å². The van der Waals surface area contributed by atoms with Crippen LogP contribution in [0.4, 0.5) is 0 Å². The molecule has 3 aromatic rings. The van der Waals surface area contributed by atoms with Crippen molar-refractivity contribution in [2.75, 3.05) is 26.7 Å². The molecule has 164 valence electrons. The monoisotopic (exact) mass is 418 g/mol. The molecule has 1 aliphatic heterocycles. The molecule has 4 rings (SSSR count). The summed E-state index contributed by atoms with van der Waals surface area (Å²) in [4.78, 5) is 18.2. The average Bonchev–Trinajstić information content (AvgIpc) is 3.02. The summed E-state index contributed by atoms with van der Waals surface area (Å²) >= 11 is 0. The summed E-state index contributed by atoms with van der Waals surface area (Å²) in [6, 6.07) is 21.2. The summed E-state index contributed by atoms with van der Waals surface area (Å²) in [6.07, 6.45) is 3.48. The molecule has 1 atom stereocenters. The van der Waals surface area contributed by atoms with Gasteiger partial charge in [0, 0.05) is 38.4 Å². The van der Waals surface area contributed by atoms with Gasteiger partial charge >= 0.3 is 0 Å². The van der Waals surface area contributed by atoms with Crippen molar-refractivity contribution in [2.24, 2.45) is 7.05 Å². The van der Waals surface area contributed by atoms with Crippen LogP contribution < -0.4 is 5.56 Å². The van der Waals surface area contributed by atoms with Crippen LogP contribution in [0.15, 0.2) is 65.5 Å². The Morgan fingerprint density at radius 1 is 1.03 bits per heavy atom. The molecule has 1 fully saturated rings. The van der Waals surface area contributed by atoms with Gasteiger partial charge in [0.2, 0.25) is 0 Å². The molecule has 2 aromatic carbocycles. The maximum absolute atomic E-state index is 13.3. The minimum absolute atomic E-state index is 0.103. The zero-order valence-electron chi connectivity index (χ0n) is 19.0. The normalized spacial score (nSPS) is 17.4. The van der Waals surface area contributed by atoms with E-state index in [1.807, 2.05) is 42.1 Å². The van der Waals surface area contributed by atoms with Crippen LogP contribution in [0.2, 0.25) is 0 Å². The molecular formula is C26H34N4O. The molecule has 0 amide bonds. The minimum atomic E-state index is 0.103. The quantitative estimate of drug-likeness (QED) is 0.588. The first-order valence-electron chi connectivity index (χ1n) is 11.3. The van der Waals surface area contributed by atoms with Crippen LogP contribution in [0.5, 0.6) is 0 Å². The zero-order chi connectivity index (χ0) is 21.8. The van der Waals surface area contributed by atoms with Gasteiger partial charge in [0.25, 0.3) is 5.56 Å². The van der Waals surface area contributed by atoms with Crippen LogP contribution >= 0.6 is 0 Å². The molecule has 0 radical (unpaired) electrons. The molecule has 31 heavy (non-hydrogen) atoms. The maximum Gasteiger partial charge on any atom is 0.276 e. The zero-order valence-corrected chi connectivity index (χ0v) is 19.0. The molecule has 5 heteroatoms. The highest BCUT2D eigenvalue weighted by Gasteiger charge is 2.25. The van der Waals surface area contributed by atoms with Gasteiger partial charge in [0.1, 0.15) is 0 Å². The van der Waals surface area contributed by atoms with Gasteiger partial charge in [-0.05, 0) is 57.5 Å². The summed E-state index contributed by atoms with van der Waals surface area (Å²) < 4.78 is 3.78. The Morgan fingerprint density at radius 2 is 1.71 bits per heavy atom. The van der Waals surface area contributed by atoms with Crippen molar-refractivity contribution in [3.8, 4) is 5.69 Å². The number of likely N-dealkylation sites (N-methyl/N-ethyl adjacent to an activating group) is 1. The van der Waals surface area contributed by atoms with E-state index >= 15 is 0 Å². The molecule has 1 saturated heterocycles. The summed E-state index contributed by atoms with van der Waals surface area (Å²) in [7, 11) is 4.22. The van der Waals surface area contributed by atoms with Crippen molar-refractivity contribution in [1.82, 2.24) is 19.2 Å². The third kappa shape index (κ3) is 4.83. The molecule has 5 nitrogen and oxygen atoms in total. The molecule has 0 bridgehead atoms. The van der Waals surface area contributed by atoms with Crippen LogP contribution in [0.1, 0.15) is 29.7 Å². The minimum Gasteiger partial charge on any atom is -0.302 e. The van der Waals surface area contributed by atoms with Crippen molar-refractivity contribution in [3.05, 3.63) is 87.8 Å². The number of benzene rings is 2. The fraction of sp³-hybridized carbons (Fsp3) is 0.423. The van der Waals surface area contributed by atoms with E-state index in [0.29, 0.717) is 6.04 Å². The second-order valence-corrected chi connectivity index (χ2v) is 8.79. The van der Waals surface area contributed by atoms with E-state index in [1.54, 1.807) is 4.68 Å². The van der Waals surface area contributed by atoms with Crippen LogP contribution in [0.3, 0.4) is 0 Å².